The van der Waals surface area contributed by atoms with E-state index in [1.807, 2.05) is 7.05 Å². The van der Waals surface area contributed by atoms with E-state index in [1.165, 1.54) is 38.5 Å². The van der Waals surface area contributed by atoms with Gasteiger partial charge in [0, 0.05) is 12.6 Å². The first-order valence-electron chi connectivity index (χ1n) is 5.68. The number of carbonyl (C=O) groups is 1. The predicted octanol–water partition coefficient (Wildman–Crippen LogP) is 2.33. The van der Waals surface area contributed by atoms with Gasteiger partial charge in [-0.15, -0.1) is 11.6 Å². The van der Waals surface area contributed by atoms with Gasteiger partial charge in [-0.05, 0) is 19.9 Å². The number of carboxylic acid groups (broad SMARTS) is 1. The SMILES string of the molecule is CN(CC(Cl)C(=O)O)C1CCCCCC1. The first-order valence-corrected chi connectivity index (χ1v) is 6.12. The summed E-state index contributed by atoms with van der Waals surface area (Å²) in [4.78, 5) is 12.7. The highest BCUT2D eigenvalue weighted by atomic mass is 35.5. The van der Waals surface area contributed by atoms with Crippen LogP contribution >= 0.6 is 11.6 Å². The number of alkyl halides is 1. The minimum atomic E-state index is -0.919. The zero-order chi connectivity index (χ0) is 11.3. The molecular weight excluding hydrogens is 214 g/mol. The Morgan fingerprint density at radius 2 is 1.93 bits per heavy atom. The molecule has 1 unspecified atom stereocenters. The molecule has 0 heterocycles. The van der Waals surface area contributed by atoms with Gasteiger partial charge in [0.05, 0.1) is 0 Å². The van der Waals surface area contributed by atoms with E-state index in [0.29, 0.717) is 12.6 Å². The van der Waals surface area contributed by atoms with Gasteiger partial charge in [0.2, 0.25) is 0 Å². The summed E-state index contributed by atoms with van der Waals surface area (Å²) in [5.74, 6) is -0.919. The Kier molecular flexibility index (Phi) is 5.40. The second-order valence-electron chi connectivity index (χ2n) is 4.39. The number of halogens is 1. The Labute approximate surface area is 96.4 Å². The zero-order valence-corrected chi connectivity index (χ0v) is 10.0. The third kappa shape index (κ3) is 4.39. The molecule has 4 heteroatoms. The molecule has 3 nitrogen and oxygen atoms in total. The summed E-state index contributed by atoms with van der Waals surface area (Å²) in [7, 11) is 1.98. The van der Waals surface area contributed by atoms with Crippen LogP contribution in [0.3, 0.4) is 0 Å². The van der Waals surface area contributed by atoms with E-state index in [9.17, 15) is 4.79 Å². The van der Waals surface area contributed by atoms with Gasteiger partial charge in [-0.2, -0.15) is 0 Å². The molecule has 1 N–H and O–H groups in total. The van der Waals surface area contributed by atoms with Crippen molar-refractivity contribution in [3.63, 3.8) is 0 Å². The maximum absolute atomic E-state index is 10.6. The fourth-order valence-electron chi connectivity index (χ4n) is 2.18. The van der Waals surface area contributed by atoms with Crippen LogP contribution < -0.4 is 0 Å². The monoisotopic (exact) mass is 233 g/mol. The summed E-state index contributed by atoms with van der Waals surface area (Å²) >= 11 is 5.73. The summed E-state index contributed by atoms with van der Waals surface area (Å²) in [6.45, 7) is 0.446. The van der Waals surface area contributed by atoms with Crippen molar-refractivity contribution in [1.29, 1.82) is 0 Å². The van der Waals surface area contributed by atoms with E-state index < -0.39 is 11.3 Å². The third-order valence-corrected chi connectivity index (χ3v) is 3.49. The molecule has 88 valence electrons. The lowest BCUT2D eigenvalue weighted by atomic mass is 10.1. The Bertz CT molecular complexity index is 203. The van der Waals surface area contributed by atoms with E-state index in [0.717, 1.165) is 0 Å². The minimum absolute atomic E-state index is 0.446. The Morgan fingerprint density at radius 3 is 2.40 bits per heavy atom. The number of nitrogens with zero attached hydrogens (tertiary/aromatic N) is 1. The average Bonchev–Trinajstić information content (AvgIpc) is 2.45. The molecule has 15 heavy (non-hydrogen) atoms. The largest absolute Gasteiger partial charge is 0.480 e. The van der Waals surface area contributed by atoms with Crippen LogP contribution in [0.15, 0.2) is 0 Å². The van der Waals surface area contributed by atoms with Gasteiger partial charge in [0.15, 0.2) is 0 Å². The average molecular weight is 234 g/mol. The second-order valence-corrected chi connectivity index (χ2v) is 4.92. The first-order chi connectivity index (χ1) is 7.11. The summed E-state index contributed by atoms with van der Waals surface area (Å²) in [5, 5.41) is 7.95. The van der Waals surface area contributed by atoms with Crippen LogP contribution in [0.5, 0.6) is 0 Å². The molecule has 0 saturated heterocycles. The van der Waals surface area contributed by atoms with Gasteiger partial charge in [0.1, 0.15) is 5.38 Å². The van der Waals surface area contributed by atoms with Crippen molar-refractivity contribution in [2.24, 2.45) is 0 Å². The molecule has 0 aromatic carbocycles. The van der Waals surface area contributed by atoms with E-state index in [1.54, 1.807) is 0 Å². The minimum Gasteiger partial charge on any atom is -0.480 e. The standard InChI is InChI=1S/C11H20ClNO2/c1-13(8-10(12)11(14)15)9-6-4-2-3-5-7-9/h9-10H,2-8H2,1H3,(H,14,15). The molecule has 0 aromatic heterocycles. The molecule has 0 aliphatic heterocycles. The lowest BCUT2D eigenvalue weighted by molar-refractivity contribution is -0.137. The Balaban J connectivity index is 2.37. The van der Waals surface area contributed by atoms with Crippen LogP contribution in [-0.2, 0) is 4.79 Å². The first kappa shape index (κ1) is 12.8. The third-order valence-electron chi connectivity index (χ3n) is 3.16. The van der Waals surface area contributed by atoms with Gasteiger partial charge in [0.25, 0.3) is 0 Å². The molecule has 0 bridgehead atoms. The van der Waals surface area contributed by atoms with Crippen molar-refractivity contribution in [2.75, 3.05) is 13.6 Å². The molecule has 0 spiro atoms. The van der Waals surface area contributed by atoms with Gasteiger partial charge in [-0.3, -0.25) is 4.79 Å². The van der Waals surface area contributed by atoms with Crippen LogP contribution in [0.1, 0.15) is 38.5 Å². The highest BCUT2D eigenvalue weighted by molar-refractivity contribution is 6.29. The number of hydrogen-bond acceptors (Lipinski definition) is 2. The van der Waals surface area contributed by atoms with E-state index in [-0.39, 0.29) is 0 Å². The van der Waals surface area contributed by atoms with Crippen molar-refractivity contribution in [3.8, 4) is 0 Å². The second kappa shape index (κ2) is 6.33. The zero-order valence-electron chi connectivity index (χ0n) is 9.29. The van der Waals surface area contributed by atoms with Crippen LogP contribution in [0.2, 0.25) is 0 Å². The lowest BCUT2D eigenvalue weighted by Gasteiger charge is -2.27. The molecule has 1 saturated carbocycles. The lowest BCUT2D eigenvalue weighted by Crippen LogP contribution is -2.38. The van der Waals surface area contributed by atoms with Crippen molar-refractivity contribution in [2.45, 2.75) is 49.9 Å². The fourth-order valence-corrected chi connectivity index (χ4v) is 2.40. The molecule has 1 aliphatic carbocycles. The molecule has 0 amide bonds. The van der Waals surface area contributed by atoms with Crippen molar-refractivity contribution >= 4 is 17.6 Å². The van der Waals surface area contributed by atoms with Crippen LogP contribution in [0.25, 0.3) is 0 Å². The maximum Gasteiger partial charge on any atom is 0.322 e. The highest BCUT2D eigenvalue weighted by Crippen LogP contribution is 2.21. The van der Waals surface area contributed by atoms with Gasteiger partial charge in [-0.1, -0.05) is 25.7 Å². The van der Waals surface area contributed by atoms with Crippen molar-refractivity contribution < 1.29 is 9.90 Å². The van der Waals surface area contributed by atoms with Crippen LogP contribution in [-0.4, -0.2) is 41.0 Å². The predicted molar refractivity (Wildman–Crippen MR) is 61.4 cm³/mol. The smallest absolute Gasteiger partial charge is 0.322 e. The summed E-state index contributed by atoms with van der Waals surface area (Å²) < 4.78 is 0. The summed E-state index contributed by atoms with van der Waals surface area (Å²) in [6, 6.07) is 0.521. The van der Waals surface area contributed by atoms with Crippen LogP contribution in [0.4, 0.5) is 0 Å². The van der Waals surface area contributed by atoms with E-state index in [4.69, 9.17) is 16.7 Å². The fraction of sp³-hybridized carbons (Fsp3) is 0.909. The van der Waals surface area contributed by atoms with Gasteiger partial charge in [-0.25, -0.2) is 0 Å². The molecule has 0 aromatic rings. The topological polar surface area (TPSA) is 40.5 Å². The Hall–Kier alpha value is -0.280. The number of aliphatic carboxylic acids is 1. The molecule has 1 aliphatic rings. The van der Waals surface area contributed by atoms with Crippen LogP contribution in [0, 0.1) is 0 Å². The van der Waals surface area contributed by atoms with Gasteiger partial charge >= 0.3 is 5.97 Å². The summed E-state index contributed by atoms with van der Waals surface area (Å²) in [6.07, 6.45) is 7.50. The molecule has 1 atom stereocenters. The number of hydrogen-bond donors (Lipinski definition) is 1. The molecular formula is C11H20ClNO2. The van der Waals surface area contributed by atoms with E-state index in [2.05, 4.69) is 4.90 Å². The van der Waals surface area contributed by atoms with Crippen molar-refractivity contribution in [3.05, 3.63) is 0 Å². The normalized spacial score (nSPS) is 21.3. The molecule has 1 rings (SSSR count). The van der Waals surface area contributed by atoms with Gasteiger partial charge < -0.3 is 10.0 Å². The van der Waals surface area contributed by atoms with E-state index >= 15 is 0 Å². The highest BCUT2D eigenvalue weighted by Gasteiger charge is 2.22. The Morgan fingerprint density at radius 1 is 1.40 bits per heavy atom. The molecule has 1 fully saturated rings. The van der Waals surface area contributed by atoms with Crippen molar-refractivity contribution in [1.82, 2.24) is 4.90 Å². The quantitative estimate of drug-likeness (QED) is 0.599. The number of rotatable bonds is 4. The maximum atomic E-state index is 10.6. The molecule has 0 radical (unpaired) electrons. The number of carboxylic acids is 1. The summed E-state index contributed by atoms with van der Waals surface area (Å²) in [5.41, 5.74) is 0.